The Morgan fingerprint density at radius 2 is 0.500 bits per heavy atom. The molecule has 2 aliphatic carbocycles. The Hall–Kier alpha value is -12.7. The fourth-order valence-electron chi connectivity index (χ4n) is 16.6. The number of thioether (sulfide) groups is 2. The maximum absolute atomic E-state index is 3.97. The van der Waals surface area contributed by atoms with Crippen LogP contribution in [0.2, 0.25) is 0 Å². The topological polar surface area (TPSA) is 6.48 Å². The van der Waals surface area contributed by atoms with E-state index >= 15 is 0 Å². The predicted molar refractivity (Wildman–Crippen MR) is 459 cm³/mol. The Balaban J connectivity index is 0.707. The fourth-order valence-corrected chi connectivity index (χ4v) is 18.3. The molecule has 2 nitrogen and oxygen atoms in total. The van der Waals surface area contributed by atoms with Crippen LogP contribution in [0.4, 0.5) is 34.1 Å². The van der Waals surface area contributed by atoms with Gasteiger partial charge in [0.25, 0.3) is 0 Å². The Bertz CT molecular complexity index is 5520. The lowest BCUT2D eigenvalue weighted by atomic mass is 9.67. The van der Waals surface area contributed by atoms with Crippen molar-refractivity contribution in [1.82, 2.24) is 0 Å². The van der Waals surface area contributed by atoms with Gasteiger partial charge < -0.3 is 9.80 Å². The Kier molecular flexibility index (Phi) is 18.2. The molecule has 2 unspecified atom stereocenters. The van der Waals surface area contributed by atoms with E-state index < -0.39 is 10.8 Å². The number of benzene rings is 16. The molecule has 0 N–H and O–H groups in total. The van der Waals surface area contributed by atoms with Gasteiger partial charge in [0.15, 0.2) is 0 Å². The largest absolute Gasteiger partial charge is 0.310 e. The molecule has 2 atom stereocenters. The monoisotopic (exact) mass is 1420 g/mol. The van der Waals surface area contributed by atoms with Crippen molar-refractivity contribution in [2.24, 2.45) is 0 Å². The molecule has 108 heavy (non-hydrogen) atoms. The molecule has 18 rings (SSSR count). The summed E-state index contributed by atoms with van der Waals surface area (Å²) in [5.74, 6) is 1.75. The minimum Gasteiger partial charge on any atom is -0.310 e. The van der Waals surface area contributed by atoms with Crippen molar-refractivity contribution in [3.8, 4) is 55.6 Å². The third-order valence-corrected chi connectivity index (χ3v) is 24.0. The zero-order valence-electron chi connectivity index (χ0n) is 59.8. The molecule has 0 saturated carbocycles. The van der Waals surface area contributed by atoms with E-state index in [-0.39, 0.29) is 0 Å². The fraction of sp³-hybridized carbons (Fsp3) is 0.0385. The van der Waals surface area contributed by atoms with Crippen LogP contribution < -0.4 is 9.80 Å². The first-order valence-corrected chi connectivity index (χ1v) is 39.0. The van der Waals surface area contributed by atoms with Crippen LogP contribution in [0.3, 0.4) is 0 Å². The van der Waals surface area contributed by atoms with Crippen LogP contribution >= 0.6 is 23.5 Å². The molecule has 4 heteroatoms. The summed E-state index contributed by atoms with van der Waals surface area (Å²) in [6.07, 6.45) is 3.80. The first-order chi connectivity index (χ1) is 53.4. The summed E-state index contributed by atoms with van der Waals surface area (Å²) in [5, 5.41) is 0. The lowest BCUT2D eigenvalue weighted by molar-refractivity contribution is 0.767. The van der Waals surface area contributed by atoms with Gasteiger partial charge in [-0.15, -0.1) is 23.5 Å². The van der Waals surface area contributed by atoms with Gasteiger partial charge in [0, 0.05) is 55.4 Å². The molecule has 514 valence electrons. The second-order valence-electron chi connectivity index (χ2n) is 27.9. The highest BCUT2D eigenvalue weighted by atomic mass is 32.2. The number of hydrogen-bond donors (Lipinski definition) is 0. The number of rotatable bonds is 21. The van der Waals surface area contributed by atoms with Crippen LogP contribution in [0, 0.1) is 0 Å². The van der Waals surface area contributed by atoms with Crippen LogP contribution in [0.1, 0.15) is 66.8 Å². The average molecular weight is 1420 g/mol. The van der Waals surface area contributed by atoms with Crippen molar-refractivity contribution in [3.63, 3.8) is 0 Å². The van der Waals surface area contributed by atoms with E-state index in [1.165, 1.54) is 110 Å². The van der Waals surface area contributed by atoms with Crippen molar-refractivity contribution in [1.29, 1.82) is 0 Å². The standard InChI is InChI=1S/C104H76N2S2/c1-3-73-35-39-75(40-36-73)71-107-93-59-49-85(50-60-93)103(83-27-15-7-16-28-83)99-67-81(77-23-11-5-12-24-77)47-63-95(99)97-65-57-91(69-101(97)103)105(87-31-19-9-20-32-87)89-53-43-79(44-54-89)80-45-55-90(56-46-80)106(88-33-21-10-22-34-88)92-58-66-98-96-64-48-82(78-25-13-6-14-26-78)68-100(96)104(102(98)70-92,84-29-17-8-18-30-84)86-51-61-94(62-52-86)108-72-76-41-37-74(4-2)38-42-76/h3-70H,1-2,71-72H2. The third kappa shape index (κ3) is 12.4. The summed E-state index contributed by atoms with van der Waals surface area (Å²) < 4.78 is 0. The molecule has 2 aliphatic rings. The first-order valence-electron chi connectivity index (χ1n) is 37.0. The van der Waals surface area contributed by atoms with Crippen molar-refractivity contribution < 1.29 is 0 Å². The Morgan fingerprint density at radius 1 is 0.231 bits per heavy atom. The minimum absolute atomic E-state index is 0.663. The molecular formula is C104H76N2S2. The summed E-state index contributed by atoms with van der Waals surface area (Å²) in [6, 6.07) is 149. The summed E-state index contributed by atoms with van der Waals surface area (Å²) in [5.41, 5.74) is 31.8. The molecule has 0 spiro atoms. The lowest BCUT2D eigenvalue weighted by Crippen LogP contribution is -2.29. The van der Waals surface area contributed by atoms with E-state index in [2.05, 4.69) is 423 Å². The molecule has 0 bridgehead atoms. The van der Waals surface area contributed by atoms with Gasteiger partial charge in [-0.2, -0.15) is 0 Å². The van der Waals surface area contributed by atoms with Gasteiger partial charge in [-0.1, -0.05) is 316 Å². The van der Waals surface area contributed by atoms with Gasteiger partial charge in [-0.05, 0) is 232 Å². The number of anilines is 6. The van der Waals surface area contributed by atoms with Gasteiger partial charge in [-0.25, -0.2) is 0 Å². The van der Waals surface area contributed by atoms with Crippen molar-refractivity contribution in [3.05, 3.63) is 480 Å². The van der Waals surface area contributed by atoms with Crippen LogP contribution in [0.25, 0.3) is 67.8 Å². The quantitative estimate of drug-likeness (QED) is 0.0661. The number of para-hydroxylation sites is 2. The van der Waals surface area contributed by atoms with E-state index in [1.54, 1.807) is 0 Å². The van der Waals surface area contributed by atoms with Crippen LogP contribution in [0.5, 0.6) is 0 Å². The molecule has 0 saturated heterocycles. The van der Waals surface area contributed by atoms with E-state index in [0.717, 1.165) is 67.9 Å². The number of nitrogens with zero attached hydrogens (tertiary/aromatic N) is 2. The van der Waals surface area contributed by atoms with Gasteiger partial charge in [0.2, 0.25) is 0 Å². The molecule has 0 heterocycles. The number of fused-ring (bicyclic) bond motifs is 6. The van der Waals surface area contributed by atoms with Crippen LogP contribution in [-0.4, -0.2) is 0 Å². The Labute approximate surface area is 643 Å². The van der Waals surface area contributed by atoms with Gasteiger partial charge in [0.05, 0.1) is 10.8 Å². The SMILES string of the molecule is C=Cc1ccc(CSc2ccc(C3(c4ccccc4)c4cc(-c5ccccc5)ccc4-c4ccc(N(c5ccccc5)c5ccc(-c6ccc(N(c7ccccc7)c7ccc8c(c7)C(c7ccccc7)(c7ccc(SCc9ccc(C=C)cc9)cc7)c7cc(-c9ccccc9)ccc7-8)cc6)cc5)cc43)cc2)cc1. The molecular weight excluding hydrogens is 1340 g/mol. The van der Waals surface area contributed by atoms with Gasteiger partial charge in [0.1, 0.15) is 0 Å². The molecule has 16 aromatic rings. The maximum Gasteiger partial charge on any atom is 0.0714 e. The first kappa shape index (κ1) is 67.2. The molecule has 16 aromatic carbocycles. The Morgan fingerprint density at radius 3 is 0.843 bits per heavy atom. The molecule has 0 fully saturated rings. The molecule has 0 radical (unpaired) electrons. The maximum atomic E-state index is 3.97. The normalized spacial score (nSPS) is 14.4. The van der Waals surface area contributed by atoms with Gasteiger partial charge >= 0.3 is 0 Å². The van der Waals surface area contributed by atoms with Crippen LogP contribution in [-0.2, 0) is 22.3 Å². The van der Waals surface area contributed by atoms with E-state index in [1.807, 2.05) is 35.7 Å². The van der Waals surface area contributed by atoms with E-state index in [0.29, 0.717) is 0 Å². The van der Waals surface area contributed by atoms with Crippen LogP contribution in [0.15, 0.2) is 423 Å². The predicted octanol–water partition coefficient (Wildman–Crippen LogP) is 28.2. The number of hydrogen-bond acceptors (Lipinski definition) is 4. The zero-order valence-corrected chi connectivity index (χ0v) is 61.4. The molecule has 0 aliphatic heterocycles. The highest BCUT2D eigenvalue weighted by Crippen LogP contribution is 2.60. The lowest BCUT2D eigenvalue weighted by Gasteiger charge is -2.35. The van der Waals surface area contributed by atoms with Crippen molar-refractivity contribution in [2.75, 3.05) is 9.80 Å². The molecule has 0 amide bonds. The second kappa shape index (κ2) is 29.3. The van der Waals surface area contributed by atoms with Gasteiger partial charge in [-0.3, -0.25) is 0 Å². The van der Waals surface area contributed by atoms with E-state index in [9.17, 15) is 0 Å². The third-order valence-electron chi connectivity index (χ3n) is 21.8. The highest BCUT2D eigenvalue weighted by Gasteiger charge is 2.49. The molecule has 0 aromatic heterocycles. The minimum atomic E-state index is -0.663. The zero-order chi connectivity index (χ0) is 72.4. The summed E-state index contributed by atoms with van der Waals surface area (Å²) >= 11 is 3.74. The van der Waals surface area contributed by atoms with Crippen molar-refractivity contribution >= 4 is 69.8 Å². The second-order valence-corrected chi connectivity index (χ2v) is 30.0. The summed E-state index contributed by atoms with van der Waals surface area (Å²) in [6.45, 7) is 7.94. The van der Waals surface area contributed by atoms with E-state index in [4.69, 9.17) is 0 Å². The highest BCUT2D eigenvalue weighted by molar-refractivity contribution is 7.98. The summed E-state index contributed by atoms with van der Waals surface area (Å²) in [4.78, 5) is 7.30. The summed E-state index contributed by atoms with van der Waals surface area (Å²) in [7, 11) is 0. The average Bonchev–Trinajstić information content (AvgIpc) is 1.54. The van der Waals surface area contributed by atoms with Crippen molar-refractivity contribution in [2.45, 2.75) is 32.1 Å². The smallest absolute Gasteiger partial charge is 0.0714 e.